The van der Waals surface area contributed by atoms with E-state index in [1.807, 2.05) is 0 Å². The van der Waals surface area contributed by atoms with Crippen molar-refractivity contribution in [2.24, 2.45) is 16.2 Å². The zero-order valence-corrected chi connectivity index (χ0v) is 21.5. The van der Waals surface area contributed by atoms with Gasteiger partial charge < -0.3 is 23.7 Å². The van der Waals surface area contributed by atoms with Gasteiger partial charge in [-0.3, -0.25) is 9.59 Å². The van der Waals surface area contributed by atoms with E-state index in [1.54, 1.807) is 57.2 Å². The Kier molecular flexibility index (Phi) is 5.24. The average Bonchev–Trinajstić information content (AvgIpc) is 3.53. The first kappa shape index (κ1) is 25.1. The van der Waals surface area contributed by atoms with E-state index in [0.29, 0.717) is 0 Å². The topological polar surface area (TPSA) is 132 Å². The number of cyclic esters (lactones) is 1. The minimum absolute atomic E-state index is 0.00337. The lowest BCUT2D eigenvalue weighted by Crippen LogP contribution is -2.64. The SMILES string of the molecule is CC(C)(C)[C@@]12C[C@@H]3OC(=O)C[C@]3(C(=O)O1)[C@@]21[C@H](OC(=O)c2ccccc2)OC(=O)[C@@H]1OC(=O)c1ccccc1. The Balaban J connectivity index is 1.55. The fourth-order valence-corrected chi connectivity index (χ4v) is 7.05. The highest BCUT2D eigenvalue weighted by Gasteiger charge is 2.96. The molecule has 202 valence electrons. The Morgan fingerprint density at radius 3 is 1.97 bits per heavy atom. The molecule has 2 bridgehead atoms. The highest BCUT2D eigenvalue weighted by molar-refractivity contribution is 5.98. The Bertz CT molecular complexity index is 1400. The second-order valence-corrected chi connectivity index (χ2v) is 11.4. The first-order valence-corrected chi connectivity index (χ1v) is 12.6. The van der Waals surface area contributed by atoms with E-state index in [2.05, 4.69) is 0 Å². The van der Waals surface area contributed by atoms with E-state index in [9.17, 15) is 24.0 Å². The van der Waals surface area contributed by atoms with Crippen LogP contribution in [0.15, 0.2) is 60.7 Å². The van der Waals surface area contributed by atoms with Gasteiger partial charge in [0.15, 0.2) is 5.41 Å². The van der Waals surface area contributed by atoms with Gasteiger partial charge in [-0.15, -0.1) is 0 Å². The van der Waals surface area contributed by atoms with Crippen LogP contribution in [-0.2, 0) is 38.1 Å². The van der Waals surface area contributed by atoms with E-state index in [0.717, 1.165) is 0 Å². The summed E-state index contributed by atoms with van der Waals surface area (Å²) in [4.78, 5) is 66.7. The number of hydrogen-bond donors (Lipinski definition) is 0. The van der Waals surface area contributed by atoms with E-state index < -0.39 is 76.6 Å². The largest absolute Gasteiger partial charge is 0.461 e. The van der Waals surface area contributed by atoms with Crippen molar-refractivity contribution < 1.29 is 47.7 Å². The maximum absolute atomic E-state index is 13.8. The summed E-state index contributed by atoms with van der Waals surface area (Å²) in [7, 11) is 0. The lowest BCUT2D eigenvalue weighted by molar-refractivity contribution is -0.220. The van der Waals surface area contributed by atoms with E-state index in [-0.39, 0.29) is 17.5 Å². The van der Waals surface area contributed by atoms with Gasteiger partial charge in [-0.05, 0) is 24.3 Å². The van der Waals surface area contributed by atoms with Crippen LogP contribution in [0.2, 0.25) is 0 Å². The first-order valence-electron chi connectivity index (χ1n) is 12.6. The highest BCUT2D eigenvalue weighted by atomic mass is 16.7. The van der Waals surface area contributed by atoms with Crippen LogP contribution in [0.25, 0.3) is 0 Å². The predicted octanol–water partition coefficient (Wildman–Crippen LogP) is 2.99. The zero-order chi connectivity index (χ0) is 27.8. The van der Waals surface area contributed by atoms with Crippen LogP contribution in [0, 0.1) is 16.2 Å². The molecule has 0 N–H and O–H groups in total. The van der Waals surface area contributed by atoms with Gasteiger partial charge in [-0.1, -0.05) is 57.2 Å². The summed E-state index contributed by atoms with van der Waals surface area (Å²) in [6.45, 7) is 5.37. The number of ether oxygens (including phenoxy) is 5. The van der Waals surface area contributed by atoms with Gasteiger partial charge in [0.2, 0.25) is 6.10 Å². The van der Waals surface area contributed by atoms with Gasteiger partial charge in [0.25, 0.3) is 6.29 Å². The molecule has 0 amide bonds. The summed E-state index contributed by atoms with van der Waals surface area (Å²) in [5.41, 5.74) is -5.88. The van der Waals surface area contributed by atoms with Crippen LogP contribution >= 0.6 is 0 Å². The van der Waals surface area contributed by atoms with Gasteiger partial charge >= 0.3 is 29.8 Å². The van der Waals surface area contributed by atoms with Gasteiger partial charge in [0, 0.05) is 11.8 Å². The normalized spacial score (nSPS) is 34.3. The lowest BCUT2D eigenvalue weighted by atomic mass is 9.53. The zero-order valence-electron chi connectivity index (χ0n) is 21.5. The molecule has 2 aromatic rings. The fraction of sp³-hybridized carbons (Fsp3) is 0.414. The van der Waals surface area contributed by atoms with Crippen LogP contribution in [0.5, 0.6) is 0 Å². The molecule has 0 aromatic heterocycles. The molecule has 1 aliphatic carbocycles. The van der Waals surface area contributed by atoms with Crippen molar-refractivity contribution in [2.75, 3.05) is 0 Å². The monoisotopic (exact) mass is 534 g/mol. The molecule has 3 aliphatic heterocycles. The molecule has 39 heavy (non-hydrogen) atoms. The smallest absolute Gasteiger partial charge is 0.351 e. The molecule has 4 aliphatic rings. The molecule has 2 spiro atoms. The molecule has 6 atom stereocenters. The first-order chi connectivity index (χ1) is 18.5. The van der Waals surface area contributed by atoms with E-state index >= 15 is 0 Å². The van der Waals surface area contributed by atoms with Crippen molar-refractivity contribution in [3.8, 4) is 0 Å². The summed E-state index contributed by atoms with van der Waals surface area (Å²) in [5.74, 6) is -4.17. The van der Waals surface area contributed by atoms with Crippen LogP contribution in [-0.4, -0.2) is 53.9 Å². The molecule has 3 saturated heterocycles. The Labute approximate surface area is 223 Å². The molecule has 2 aromatic carbocycles. The molecule has 4 fully saturated rings. The second kappa shape index (κ2) is 8.14. The van der Waals surface area contributed by atoms with Crippen molar-refractivity contribution in [3.63, 3.8) is 0 Å². The summed E-state index contributed by atoms with van der Waals surface area (Å²) < 4.78 is 29.1. The molecular weight excluding hydrogens is 508 g/mol. The summed E-state index contributed by atoms with van der Waals surface area (Å²) in [5, 5.41) is 0. The highest BCUT2D eigenvalue weighted by Crippen LogP contribution is 2.78. The lowest BCUT2D eigenvalue weighted by Gasteiger charge is -2.49. The summed E-state index contributed by atoms with van der Waals surface area (Å²) >= 11 is 0. The Hall–Kier alpha value is -4.21. The van der Waals surface area contributed by atoms with Crippen molar-refractivity contribution in [1.82, 2.24) is 0 Å². The number of carbonyl (C=O) groups is 5. The number of benzene rings is 2. The van der Waals surface area contributed by atoms with Crippen LogP contribution in [0.4, 0.5) is 0 Å². The van der Waals surface area contributed by atoms with Gasteiger partial charge in [-0.25, -0.2) is 14.4 Å². The van der Waals surface area contributed by atoms with Crippen molar-refractivity contribution >= 4 is 29.8 Å². The van der Waals surface area contributed by atoms with Crippen LogP contribution in [0.3, 0.4) is 0 Å². The minimum atomic E-state index is -1.92. The molecule has 10 heteroatoms. The van der Waals surface area contributed by atoms with E-state index in [1.165, 1.54) is 24.3 Å². The van der Waals surface area contributed by atoms with Crippen molar-refractivity contribution in [1.29, 1.82) is 0 Å². The summed E-state index contributed by atoms with van der Waals surface area (Å²) in [6, 6.07) is 16.0. The molecule has 0 radical (unpaired) electrons. The van der Waals surface area contributed by atoms with Gasteiger partial charge in [0.05, 0.1) is 17.5 Å². The number of rotatable bonds is 4. The van der Waals surface area contributed by atoms with Gasteiger partial charge in [0.1, 0.15) is 17.1 Å². The predicted molar refractivity (Wildman–Crippen MR) is 130 cm³/mol. The third-order valence-electron chi connectivity index (χ3n) is 8.65. The Morgan fingerprint density at radius 2 is 1.41 bits per heavy atom. The number of hydrogen-bond acceptors (Lipinski definition) is 10. The Morgan fingerprint density at radius 1 is 0.846 bits per heavy atom. The van der Waals surface area contributed by atoms with Crippen LogP contribution < -0.4 is 0 Å². The quantitative estimate of drug-likeness (QED) is 0.426. The average molecular weight is 535 g/mol. The summed E-state index contributed by atoms with van der Waals surface area (Å²) in [6.07, 6.45) is -4.93. The molecule has 0 unspecified atom stereocenters. The molecule has 6 rings (SSSR count). The standard InChI is InChI=1S/C29H26O10/c1-26(2,3)28-14-18-27(24(34)39-28,15-19(30)35-18)29(28)20(36-21(31)16-10-6-4-7-11-16)23(33)38-25(29)37-22(32)17-12-8-5-9-13-17/h4-13,18,20,25H,14-15H2,1-3H3/t18-,20-,25+,27-,28+,29+/m0/s1. The molecule has 10 nitrogen and oxygen atoms in total. The van der Waals surface area contributed by atoms with Crippen LogP contribution in [0.1, 0.15) is 54.3 Å². The fourth-order valence-electron chi connectivity index (χ4n) is 7.05. The maximum Gasteiger partial charge on any atom is 0.351 e. The minimum Gasteiger partial charge on any atom is -0.461 e. The van der Waals surface area contributed by atoms with Crippen molar-refractivity contribution in [3.05, 3.63) is 71.8 Å². The maximum atomic E-state index is 13.8. The number of esters is 5. The number of carbonyl (C=O) groups excluding carboxylic acids is 5. The van der Waals surface area contributed by atoms with Gasteiger partial charge in [-0.2, -0.15) is 0 Å². The molecule has 1 saturated carbocycles. The molecular formula is C29H26O10. The second-order valence-electron chi connectivity index (χ2n) is 11.4. The van der Waals surface area contributed by atoms with Crippen molar-refractivity contribution in [2.45, 2.75) is 57.7 Å². The third-order valence-corrected chi connectivity index (χ3v) is 8.65. The molecule has 3 heterocycles. The van der Waals surface area contributed by atoms with E-state index in [4.69, 9.17) is 23.7 Å². The third kappa shape index (κ3) is 3.05.